The van der Waals surface area contributed by atoms with E-state index in [1.807, 2.05) is 7.05 Å². The maximum absolute atomic E-state index is 12.8. The fraction of sp³-hybridized carbons (Fsp3) is 0.571. The van der Waals surface area contributed by atoms with E-state index in [9.17, 15) is 16.8 Å². The van der Waals surface area contributed by atoms with Crippen molar-refractivity contribution < 1.29 is 16.8 Å². The van der Waals surface area contributed by atoms with Crippen molar-refractivity contribution in [2.45, 2.75) is 22.6 Å². The summed E-state index contributed by atoms with van der Waals surface area (Å²) in [4.78, 5) is -0.256. The molecule has 0 aliphatic carbocycles. The van der Waals surface area contributed by atoms with Gasteiger partial charge in [-0.1, -0.05) is 12.1 Å². The quantitative estimate of drug-likeness (QED) is 0.849. The summed E-state index contributed by atoms with van der Waals surface area (Å²) in [5.41, 5.74) is 0. The van der Waals surface area contributed by atoms with Gasteiger partial charge in [0.05, 0.1) is 4.90 Å². The zero-order valence-corrected chi connectivity index (χ0v) is 14.5. The predicted octanol–water partition coefficient (Wildman–Crippen LogP) is 0.710. The molecule has 1 fully saturated rings. The van der Waals surface area contributed by atoms with Gasteiger partial charge in [0, 0.05) is 19.3 Å². The molecule has 1 aromatic carbocycles. The number of hydrogen-bond acceptors (Lipinski definition) is 5. The second-order valence-electron chi connectivity index (χ2n) is 5.65. The topological polar surface area (TPSA) is 83.6 Å². The molecule has 2 rings (SSSR count). The number of nitrogens with zero attached hydrogens (tertiary/aromatic N) is 1. The van der Waals surface area contributed by atoms with Crippen LogP contribution in [-0.2, 0) is 19.9 Å². The lowest BCUT2D eigenvalue weighted by Crippen LogP contribution is -2.42. The number of rotatable bonds is 5. The highest BCUT2D eigenvalue weighted by Gasteiger charge is 2.33. The molecule has 22 heavy (non-hydrogen) atoms. The van der Waals surface area contributed by atoms with Gasteiger partial charge in [-0.3, -0.25) is 0 Å². The number of hydrogen-bond donors (Lipinski definition) is 1. The molecule has 0 saturated carbocycles. The van der Waals surface area contributed by atoms with Crippen molar-refractivity contribution in [3.63, 3.8) is 0 Å². The van der Waals surface area contributed by atoms with Crippen molar-refractivity contribution in [1.29, 1.82) is 0 Å². The Balaban J connectivity index is 2.39. The summed E-state index contributed by atoms with van der Waals surface area (Å²) in [5, 5.41) is 3.07. The largest absolute Gasteiger partial charge is 0.319 e. The maximum atomic E-state index is 12.8. The van der Waals surface area contributed by atoms with Crippen LogP contribution in [0.1, 0.15) is 12.8 Å². The van der Waals surface area contributed by atoms with E-state index in [1.165, 1.54) is 22.5 Å². The molecule has 0 amide bonds. The van der Waals surface area contributed by atoms with E-state index in [0.717, 1.165) is 25.6 Å². The van der Waals surface area contributed by atoms with E-state index in [1.54, 1.807) is 6.07 Å². The molecule has 0 unspecified atom stereocenters. The number of piperidine rings is 1. The zero-order chi connectivity index (χ0) is 16.4. The number of nitrogens with one attached hydrogen (secondary N) is 1. The third-order valence-corrected chi connectivity index (χ3v) is 7.05. The maximum Gasteiger partial charge on any atom is 0.244 e. The van der Waals surface area contributed by atoms with Gasteiger partial charge < -0.3 is 5.32 Å². The predicted molar refractivity (Wildman–Crippen MR) is 85.0 cm³/mol. The molecule has 1 heterocycles. The second-order valence-corrected chi connectivity index (χ2v) is 9.54. The summed E-state index contributed by atoms with van der Waals surface area (Å²) in [6.07, 6.45) is 2.79. The van der Waals surface area contributed by atoms with Crippen LogP contribution in [0, 0.1) is 5.92 Å². The molecule has 0 spiro atoms. The average molecular weight is 346 g/mol. The van der Waals surface area contributed by atoms with Gasteiger partial charge >= 0.3 is 0 Å². The fourth-order valence-electron chi connectivity index (χ4n) is 2.81. The van der Waals surface area contributed by atoms with Crippen LogP contribution in [0.25, 0.3) is 0 Å². The first-order valence-electron chi connectivity index (χ1n) is 7.20. The van der Waals surface area contributed by atoms with Gasteiger partial charge in [-0.05, 0) is 44.5 Å². The van der Waals surface area contributed by atoms with E-state index < -0.39 is 19.9 Å². The minimum absolute atomic E-state index is 0.123. The van der Waals surface area contributed by atoms with Gasteiger partial charge in [0.25, 0.3) is 0 Å². The Kier molecular flexibility index (Phi) is 5.26. The Bertz CT molecular complexity index is 727. The summed E-state index contributed by atoms with van der Waals surface area (Å²) in [5.74, 6) is 0.249. The van der Waals surface area contributed by atoms with Crippen LogP contribution in [0.2, 0.25) is 0 Å². The van der Waals surface area contributed by atoms with Crippen LogP contribution in [-0.4, -0.2) is 54.1 Å². The molecule has 1 aliphatic heterocycles. The third-order valence-electron chi connectivity index (χ3n) is 3.84. The highest BCUT2D eigenvalue weighted by atomic mass is 32.2. The average Bonchev–Trinajstić information content (AvgIpc) is 2.47. The summed E-state index contributed by atoms with van der Waals surface area (Å²) in [6.45, 7) is 1.60. The number of sulfone groups is 1. The van der Waals surface area contributed by atoms with Crippen LogP contribution in [0.4, 0.5) is 0 Å². The van der Waals surface area contributed by atoms with E-state index in [4.69, 9.17) is 0 Å². The molecule has 1 atom stereocenters. The lowest BCUT2D eigenvalue weighted by molar-refractivity contribution is 0.263. The van der Waals surface area contributed by atoms with Crippen molar-refractivity contribution in [2.75, 3.05) is 32.9 Å². The van der Waals surface area contributed by atoms with Crippen LogP contribution < -0.4 is 5.32 Å². The zero-order valence-electron chi connectivity index (χ0n) is 12.8. The molecule has 124 valence electrons. The molecule has 1 aromatic rings. The molecule has 0 aromatic heterocycles. The van der Waals surface area contributed by atoms with Crippen molar-refractivity contribution in [2.24, 2.45) is 5.92 Å². The van der Waals surface area contributed by atoms with Crippen molar-refractivity contribution >= 4 is 19.9 Å². The summed E-state index contributed by atoms with van der Waals surface area (Å²) in [6, 6.07) is 5.80. The molecular weight excluding hydrogens is 324 g/mol. The van der Waals surface area contributed by atoms with Gasteiger partial charge in [0.1, 0.15) is 4.90 Å². The van der Waals surface area contributed by atoms with E-state index in [0.29, 0.717) is 13.1 Å². The Labute approximate surface area is 132 Å². The van der Waals surface area contributed by atoms with Gasteiger partial charge in [-0.25, -0.2) is 16.8 Å². The lowest BCUT2D eigenvalue weighted by Gasteiger charge is -2.32. The SMILES string of the molecule is CNC[C@@H]1CCCN(S(=O)(=O)c2ccccc2S(C)(=O)=O)C1. The molecule has 1 saturated heterocycles. The summed E-state index contributed by atoms with van der Waals surface area (Å²) < 4.78 is 50.8. The van der Waals surface area contributed by atoms with E-state index in [-0.39, 0.29) is 15.7 Å². The van der Waals surface area contributed by atoms with E-state index >= 15 is 0 Å². The highest BCUT2D eigenvalue weighted by molar-refractivity contribution is 7.93. The molecular formula is C14H22N2O4S2. The first-order chi connectivity index (χ1) is 10.3. The van der Waals surface area contributed by atoms with Gasteiger partial charge in [0.2, 0.25) is 10.0 Å². The van der Waals surface area contributed by atoms with Gasteiger partial charge in [0.15, 0.2) is 9.84 Å². The van der Waals surface area contributed by atoms with E-state index in [2.05, 4.69) is 5.32 Å². The Morgan fingerprint density at radius 3 is 2.41 bits per heavy atom. The normalized spacial score (nSPS) is 20.9. The molecule has 8 heteroatoms. The standard InChI is InChI=1S/C14H22N2O4S2/c1-15-10-12-6-5-9-16(11-12)22(19,20)14-8-4-3-7-13(14)21(2,17)18/h3-4,7-8,12,15H,5-6,9-11H2,1-2H3/t12-/m0/s1. The lowest BCUT2D eigenvalue weighted by atomic mass is 10.00. The minimum Gasteiger partial charge on any atom is -0.319 e. The molecule has 6 nitrogen and oxygen atoms in total. The molecule has 1 N–H and O–H groups in total. The van der Waals surface area contributed by atoms with Crippen molar-refractivity contribution in [3.05, 3.63) is 24.3 Å². The number of sulfonamides is 1. The minimum atomic E-state index is -3.80. The molecule has 0 bridgehead atoms. The highest BCUT2D eigenvalue weighted by Crippen LogP contribution is 2.27. The molecule has 1 aliphatic rings. The molecule has 0 radical (unpaired) electrons. The Morgan fingerprint density at radius 1 is 1.18 bits per heavy atom. The van der Waals surface area contributed by atoms with Crippen LogP contribution in [0.5, 0.6) is 0 Å². The third kappa shape index (κ3) is 3.68. The monoisotopic (exact) mass is 346 g/mol. The fourth-order valence-corrected chi connectivity index (χ4v) is 5.97. The number of benzene rings is 1. The summed E-state index contributed by atoms with van der Waals surface area (Å²) in [7, 11) is -5.56. The second kappa shape index (κ2) is 6.66. The van der Waals surface area contributed by atoms with Crippen LogP contribution >= 0.6 is 0 Å². The smallest absolute Gasteiger partial charge is 0.244 e. The Morgan fingerprint density at radius 2 is 1.82 bits per heavy atom. The van der Waals surface area contributed by atoms with Gasteiger partial charge in [-0.15, -0.1) is 0 Å². The van der Waals surface area contributed by atoms with Crippen LogP contribution in [0.3, 0.4) is 0 Å². The Hall–Kier alpha value is -0.960. The van der Waals surface area contributed by atoms with Crippen molar-refractivity contribution in [3.8, 4) is 0 Å². The summed E-state index contributed by atoms with van der Waals surface area (Å²) >= 11 is 0. The van der Waals surface area contributed by atoms with Crippen molar-refractivity contribution in [1.82, 2.24) is 9.62 Å². The van der Waals surface area contributed by atoms with Crippen LogP contribution in [0.15, 0.2) is 34.1 Å². The first-order valence-corrected chi connectivity index (χ1v) is 10.5. The first kappa shape index (κ1) is 17.4. The van der Waals surface area contributed by atoms with Gasteiger partial charge in [-0.2, -0.15) is 4.31 Å².